The van der Waals surface area contributed by atoms with Crippen molar-refractivity contribution in [2.45, 2.75) is 19.3 Å². The maximum absolute atomic E-state index is 14.3. The van der Waals surface area contributed by atoms with Gasteiger partial charge in [-0.15, -0.1) is 0 Å². The normalized spacial score (nSPS) is 14.6. The molecule has 1 saturated heterocycles. The Morgan fingerprint density at radius 2 is 1.74 bits per heavy atom. The molecule has 2 aromatic rings. The summed E-state index contributed by atoms with van der Waals surface area (Å²) < 4.78 is 15.4. The molecule has 0 spiro atoms. The monoisotopic (exact) mass is 424 g/mol. The Bertz CT molecular complexity index is 697. The fraction of sp³-hybridized carbons (Fsp3) is 0.278. The van der Waals surface area contributed by atoms with E-state index in [1.165, 1.54) is 12.5 Å². The topological polar surface area (TPSA) is 32.3 Å². The zero-order valence-corrected chi connectivity index (χ0v) is 14.8. The van der Waals surface area contributed by atoms with E-state index in [9.17, 15) is 9.18 Å². The molecule has 0 saturated carbocycles. The summed E-state index contributed by atoms with van der Waals surface area (Å²) in [7, 11) is 0. The zero-order valence-electron chi connectivity index (χ0n) is 12.7. The van der Waals surface area contributed by atoms with Crippen molar-refractivity contribution in [1.82, 2.24) is 0 Å². The molecule has 1 aliphatic rings. The first-order valence-electron chi connectivity index (χ1n) is 7.75. The van der Waals surface area contributed by atoms with Crippen molar-refractivity contribution in [3.8, 4) is 0 Å². The fourth-order valence-electron chi connectivity index (χ4n) is 2.78. The highest BCUT2D eigenvalue weighted by Crippen LogP contribution is 2.26. The summed E-state index contributed by atoms with van der Waals surface area (Å²) in [5, 5.41) is 2.75. The maximum atomic E-state index is 14.3. The van der Waals surface area contributed by atoms with Crippen molar-refractivity contribution < 1.29 is 9.18 Å². The Kier molecular flexibility index (Phi) is 5.15. The van der Waals surface area contributed by atoms with Crippen LogP contribution in [0.15, 0.2) is 42.5 Å². The van der Waals surface area contributed by atoms with Crippen molar-refractivity contribution in [3.05, 3.63) is 57.4 Å². The number of piperidine rings is 1. The van der Waals surface area contributed by atoms with Crippen LogP contribution < -0.4 is 10.2 Å². The molecule has 2 aromatic carbocycles. The largest absolute Gasteiger partial charge is 0.369 e. The van der Waals surface area contributed by atoms with Crippen molar-refractivity contribution in [1.29, 1.82) is 0 Å². The number of anilines is 2. The highest BCUT2D eigenvalue weighted by Gasteiger charge is 2.15. The number of rotatable bonds is 3. The number of hydrogen-bond donors (Lipinski definition) is 1. The smallest absolute Gasteiger partial charge is 0.255 e. The van der Waals surface area contributed by atoms with Crippen LogP contribution in [0.4, 0.5) is 15.8 Å². The number of nitrogens with one attached hydrogen (secondary N) is 1. The van der Waals surface area contributed by atoms with E-state index >= 15 is 0 Å². The van der Waals surface area contributed by atoms with Crippen LogP contribution in [0, 0.1) is 9.39 Å². The van der Waals surface area contributed by atoms with Gasteiger partial charge in [0.25, 0.3) is 5.91 Å². The molecule has 0 unspecified atom stereocenters. The third-order valence-electron chi connectivity index (χ3n) is 4.01. The SMILES string of the molecule is O=C(Nc1ccc(N2CCCCC2)c(F)c1)c1ccc(I)cc1. The summed E-state index contributed by atoms with van der Waals surface area (Å²) in [6.07, 6.45) is 3.41. The van der Waals surface area contributed by atoms with Gasteiger partial charge < -0.3 is 10.2 Å². The summed E-state index contributed by atoms with van der Waals surface area (Å²) in [6, 6.07) is 12.2. The Balaban J connectivity index is 1.72. The molecule has 5 heteroatoms. The highest BCUT2D eigenvalue weighted by atomic mass is 127. The number of benzene rings is 2. The first kappa shape index (κ1) is 16.2. The van der Waals surface area contributed by atoms with E-state index in [0.717, 1.165) is 29.5 Å². The lowest BCUT2D eigenvalue weighted by Crippen LogP contribution is -2.30. The minimum atomic E-state index is -0.285. The lowest BCUT2D eigenvalue weighted by molar-refractivity contribution is 0.102. The predicted molar refractivity (Wildman–Crippen MR) is 99.6 cm³/mol. The number of hydrogen-bond acceptors (Lipinski definition) is 2. The molecule has 0 aromatic heterocycles. The lowest BCUT2D eigenvalue weighted by atomic mass is 10.1. The average Bonchev–Trinajstić information content (AvgIpc) is 2.56. The Hall–Kier alpha value is -1.63. The molecule has 1 heterocycles. The molecule has 0 aliphatic carbocycles. The Morgan fingerprint density at radius 1 is 1.04 bits per heavy atom. The van der Waals surface area contributed by atoms with E-state index in [2.05, 4.69) is 32.8 Å². The Morgan fingerprint density at radius 3 is 2.39 bits per heavy atom. The second kappa shape index (κ2) is 7.29. The van der Waals surface area contributed by atoms with Gasteiger partial charge in [0.1, 0.15) is 5.82 Å². The van der Waals surface area contributed by atoms with E-state index in [1.807, 2.05) is 12.1 Å². The molecular formula is C18H18FIN2O. The lowest BCUT2D eigenvalue weighted by Gasteiger charge is -2.29. The van der Waals surface area contributed by atoms with Crippen LogP contribution in [0.5, 0.6) is 0 Å². The van der Waals surface area contributed by atoms with Gasteiger partial charge in [0.15, 0.2) is 0 Å². The first-order chi connectivity index (χ1) is 11.1. The molecule has 0 bridgehead atoms. The van der Waals surface area contributed by atoms with Gasteiger partial charge in [-0.05, 0) is 84.3 Å². The maximum Gasteiger partial charge on any atom is 0.255 e. The standard InChI is InChI=1S/C18H18FIN2O/c19-16-12-15(8-9-17(16)22-10-2-1-3-11-22)21-18(23)13-4-6-14(20)7-5-13/h4-9,12H,1-3,10-11H2,(H,21,23). The molecule has 1 amide bonds. The molecule has 23 heavy (non-hydrogen) atoms. The molecule has 1 N–H and O–H groups in total. The van der Waals surface area contributed by atoms with Crippen LogP contribution in [0.1, 0.15) is 29.6 Å². The number of halogens is 2. The summed E-state index contributed by atoms with van der Waals surface area (Å²) in [4.78, 5) is 14.2. The molecule has 3 rings (SSSR count). The summed E-state index contributed by atoms with van der Waals surface area (Å²) >= 11 is 2.19. The first-order valence-corrected chi connectivity index (χ1v) is 8.83. The van der Waals surface area contributed by atoms with Gasteiger partial charge in [0, 0.05) is 27.9 Å². The summed E-state index contributed by atoms with van der Waals surface area (Å²) in [6.45, 7) is 1.79. The molecule has 1 fully saturated rings. The van der Waals surface area contributed by atoms with Crippen LogP contribution in [-0.4, -0.2) is 19.0 Å². The predicted octanol–water partition coefficient (Wildman–Crippen LogP) is 4.67. The van der Waals surface area contributed by atoms with E-state index < -0.39 is 0 Å². The number of carbonyl (C=O) groups is 1. The van der Waals surface area contributed by atoms with Crippen LogP contribution in [0.25, 0.3) is 0 Å². The average molecular weight is 424 g/mol. The van der Waals surface area contributed by atoms with Crippen molar-refractivity contribution in [2.75, 3.05) is 23.3 Å². The molecular weight excluding hydrogens is 406 g/mol. The van der Waals surface area contributed by atoms with Gasteiger partial charge in [-0.3, -0.25) is 4.79 Å². The number of carbonyl (C=O) groups excluding carboxylic acids is 1. The molecule has 3 nitrogen and oxygen atoms in total. The van der Waals surface area contributed by atoms with Gasteiger partial charge in [0.2, 0.25) is 0 Å². The van der Waals surface area contributed by atoms with Gasteiger partial charge in [-0.1, -0.05) is 0 Å². The van der Waals surface area contributed by atoms with Crippen LogP contribution in [-0.2, 0) is 0 Å². The third kappa shape index (κ3) is 4.02. The quantitative estimate of drug-likeness (QED) is 0.727. The molecule has 1 aliphatic heterocycles. The van der Waals surface area contributed by atoms with Crippen molar-refractivity contribution in [3.63, 3.8) is 0 Å². The van der Waals surface area contributed by atoms with Gasteiger partial charge in [-0.2, -0.15) is 0 Å². The minimum Gasteiger partial charge on any atom is -0.369 e. The molecule has 0 radical (unpaired) electrons. The number of nitrogens with zero attached hydrogens (tertiary/aromatic N) is 1. The highest BCUT2D eigenvalue weighted by molar-refractivity contribution is 14.1. The van der Waals surface area contributed by atoms with Crippen molar-refractivity contribution >= 4 is 39.9 Å². The zero-order chi connectivity index (χ0) is 16.2. The van der Waals surface area contributed by atoms with E-state index in [4.69, 9.17) is 0 Å². The second-order valence-corrected chi connectivity index (χ2v) is 6.92. The van der Waals surface area contributed by atoms with E-state index in [-0.39, 0.29) is 11.7 Å². The van der Waals surface area contributed by atoms with E-state index in [0.29, 0.717) is 16.9 Å². The minimum absolute atomic E-state index is 0.230. The van der Waals surface area contributed by atoms with Crippen molar-refractivity contribution in [2.24, 2.45) is 0 Å². The summed E-state index contributed by atoms with van der Waals surface area (Å²) in [5.74, 6) is -0.515. The van der Waals surface area contributed by atoms with Crippen LogP contribution in [0.2, 0.25) is 0 Å². The third-order valence-corrected chi connectivity index (χ3v) is 4.73. The molecule has 120 valence electrons. The van der Waals surface area contributed by atoms with Gasteiger partial charge >= 0.3 is 0 Å². The summed E-state index contributed by atoms with van der Waals surface area (Å²) in [5.41, 5.74) is 1.66. The van der Waals surface area contributed by atoms with Gasteiger partial charge in [0.05, 0.1) is 5.69 Å². The Labute approximate surface area is 149 Å². The van der Waals surface area contributed by atoms with E-state index in [1.54, 1.807) is 24.3 Å². The van der Waals surface area contributed by atoms with Crippen LogP contribution >= 0.6 is 22.6 Å². The van der Waals surface area contributed by atoms with Gasteiger partial charge in [-0.25, -0.2) is 4.39 Å². The molecule has 0 atom stereocenters. The van der Waals surface area contributed by atoms with Crippen LogP contribution in [0.3, 0.4) is 0 Å². The second-order valence-electron chi connectivity index (χ2n) is 5.67. The number of amides is 1. The fourth-order valence-corrected chi connectivity index (χ4v) is 3.14.